The minimum atomic E-state index is -1.83. The number of hydrogen-bond acceptors (Lipinski definition) is 18. The van der Waals surface area contributed by atoms with E-state index in [0.717, 1.165) is 7.11 Å². The van der Waals surface area contributed by atoms with E-state index in [0.29, 0.717) is 0 Å². The Morgan fingerprint density at radius 1 is 1.09 bits per heavy atom. The zero-order chi connectivity index (χ0) is 24.5. The predicted octanol–water partition coefficient (Wildman–Crippen LogP) is -3.80. The second-order valence-electron chi connectivity index (χ2n) is 6.67. The summed E-state index contributed by atoms with van der Waals surface area (Å²) in [6.07, 6.45) is -13.3. The topological polar surface area (TPSA) is 268 Å². The Labute approximate surface area is 183 Å². The molecule has 0 bridgehead atoms. The van der Waals surface area contributed by atoms with Gasteiger partial charge in [-0.1, -0.05) is 0 Å². The van der Waals surface area contributed by atoms with Crippen molar-refractivity contribution in [2.45, 2.75) is 55.1 Å². The van der Waals surface area contributed by atoms with Gasteiger partial charge in [-0.25, -0.2) is 11.2 Å². The SMILES string of the molecule is CO[C@@H]1C(CO[N+](=O)[O-])O[C@@H](O[C@H]2C(O)C(ON)CO[C@H]2CONOO)[C@@H](O[N+](=O)[O-])C1O. The van der Waals surface area contributed by atoms with Crippen LogP contribution in [-0.4, -0.2) is 108 Å². The highest BCUT2D eigenvalue weighted by Gasteiger charge is 2.52. The number of nitrogens with zero attached hydrogens (tertiary/aromatic N) is 2. The molecule has 2 rings (SSSR count). The molecule has 0 aromatic heterocycles. The van der Waals surface area contributed by atoms with Gasteiger partial charge in [0.1, 0.15) is 49.3 Å². The summed E-state index contributed by atoms with van der Waals surface area (Å²) < 4.78 is 21.6. The smallest absolute Gasteiger partial charge is 0.295 e. The summed E-state index contributed by atoms with van der Waals surface area (Å²) in [7, 11) is 1.12. The van der Waals surface area contributed by atoms with Gasteiger partial charge in [-0.2, -0.15) is 0 Å². The number of hydrogen-bond donors (Lipinski definition) is 5. The molecule has 0 aromatic rings. The summed E-state index contributed by atoms with van der Waals surface area (Å²) in [5.74, 6) is 5.12. The van der Waals surface area contributed by atoms with Gasteiger partial charge in [0.2, 0.25) is 0 Å². The fourth-order valence-corrected chi connectivity index (χ4v) is 3.35. The van der Waals surface area contributed by atoms with Crippen LogP contribution in [0.1, 0.15) is 0 Å². The summed E-state index contributed by atoms with van der Waals surface area (Å²) >= 11 is 0. The van der Waals surface area contributed by atoms with Crippen molar-refractivity contribution < 1.29 is 68.9 Å². The average Bonchev–Trinajstić information content (AvgIpc) is 2.76. The molecule has 2 aliphatic rings. The van der Waals surface area contributed by atoms with Crippen LogP contribution in [-0.2, 0) is 43.3 Å². The Kier molecular flexibility index (Phi) is 10.7. The fraction of sp³-hybridized carbons (Fsp3) is 1.00. The first-order valence-electron chi connectivity index (χ1n) is 9.16. The lowest BCUT2D eigenvalue weighted by Gasteiger charge is -2.46. The van der Waals surface area contributed by atoms with Gasteiger partial charge < -0.3 is 38.8 Å². The van der Waals surface area contributed by atoms with Gasteiger partial charge >= 0.3 is 0 Å². The number of ether oxygens (including phenoxy) is 4. The molecule has 0 saturated carbocycles. The Hall–Kier alpha value is -2.08. The normalized spacial score (nSPS) is 36.8. The fourth-order valence-electron chi connectivity index (χ4n) is 3.35. The largest absolute Gasteiger partial charge is 0.388 e. The molecule has 9 atom stereocenters. The van der Waals surface area contributed by atoms with E-state index >= 15 is 0 Å². The van der Waals surface area contributed by atoms with Crippen molar-refractivity contribution in [1.82, 2.24) is 5.64 Å². The van der Waals surface area contributed by atoms with Gasteiger partial charge in [0, 0.05) is 7.11 Å². The summed E-state index contributed by atoms with van der Waals surface area (Å²) in [4.78, 5) is 43.2. The third-order valence-electron chi connectivity index (χ3n) is 4.81. The van der Waals surface area contributed by atoms with Crippen molar-refractivity contribution in [1.29, 1.82) is 0 Å². The number of rotatable bonds is 13. The zero-order valence-corrected chi connectivity index (χ0v) is 16.9. The van der Waals surface area contributed by atoms with Crippen molar-refractivity contribution in [3.8, 4) is 0 Å². The van der Waals surface area contributed by atoms with Crippen molar-refractivity contribution in [2.24, 2.45) is 5.90 Å². The molecular weight excluding hydrogens is 468 g/mol. The maximum absolute atomic E-state index is 11.0. The minimum Gasteiger partial charge on any atom is -0.388 e. The van der Waals surface area contributed by atoms with Crippen molar-refractivity contribution in [3.63, 3.8) is 0 Å². The second-order valence-corrected chi connectivity index (χ2v) is 6.67. The molecule has 20 nitrogen and oxygen atoms in total. The lowest BCUT2D eigenvalue weighted by molar-refractivity contribution is -0.778. The maximum Gasteiger partial charge on any atom is 0.295 e. The highest BCUT2D eigenvalue weighted by atomic mass is 17.2. The predicted molar refractivity (Wildman–Crippen MR) is 92.8 cm³/mol. The van der Waals surface area contributed by atoms with E-state index in [2.05, 4.69) is 19.5 Å². The van der Waals surface area contributed by atoms with Crippen LogP contribution in [0.5, 0.6) is 0 Å². The van der Waals surface area contributed by atoms with Crippen LogP contribution in [0, 0.1) is 20.2 Å². The van der Waals surface area contributed by atoms with E-state index in [9.17, 15) is 30.4 Å². The van der Waals surface area contributed by atoms with Gasteiger partial charge in [-0.15, -0.1) is 25.2 Å². The standard InChI is InChI=1S/C13H24N4O16/c1-25-10-7(4-28-16(20)21)29-13(12(9(10)19)32-17(22)23)30-11-6(3-27-15-33-24)26-2-5(31-14)8(11)18/h5-13,15,18-19,24H,2-4,14H2,1H3/t5?,6-,7?,8?,9?,10+,11+,12-,13-/m0/s1. The van der Waals surface area contributed by atoms with Crippen molar-refractivity contribution in [3.05, 3.63) is 20.2 Å². The maximum atomic E-state index is 11.0. The van der Waals surface area contributed by atoms with E-state index in [-0.39, 0.29) is 6.61 Å². The molecule has 4 unspecified atom stereocenters. The zero-order valence-electron chi connectivity index (χ0n) is 16.9. The van der Waals surface area contributed by atoms with Gasteiger partial charge in [-0.3, -0.25) is 9.68 Å². The van der Waals surface area contributed by atoms with Crippen LogP contribution in [0.3, 0.4) is 0 Å². The summed E-state index contributed by atoms with van der Waals surface area (Å²) in [6, 6.07) is 0. The summed E-state index contributed by atoms with van der Waals surface area (Å²) in [6.45, 7) is -1.38. The second kappa shape index (κ2) is 13.0. The average molecular weight is 492 g/mol. The highest BCUT2D eigenvalue weighted by molar-refractivity contribution is 4.94. The molecule has 33 heavy (non-hydrogen) atoms. The molecule has 0 aromatic carbocycles. The summed E-state index contributed by atoms with van der Waals surface area (Å²) in [5, 5.41) is 48.6. The first kappa shape index (κ1) is 27.2. The number of aliphatic hydroxyl groups excluding tert-OH is 2. The van der Waals surface area contributed by atoms with E-state index in [1.54, 1.807) is 5.64 Å². The molecule has 6 N–H and O–H groups in total. The van der Waals surface area contributed by atoms with Crippen LogP contribution in [0.25, 0.3) is 0 Å². The van der Waals surface area contributed by atoms with Gasteiger partial charge in [0.15, 0.2) is 12.4 Å². The first-order chi connectivity index (χ1) is 15.7. The number of methoxy groups -OCH3 is 1. The van der Waals surface area contributed by atoms with Gasteiger partial charge in [-0.05, 0) is 5.64 Å². The van der Waals surface area contributed by atoms with Gasteiger partial charge in [0.05, 0.1) is 13.2 Å². The molecule has 2 saturated heterocycles. The third kappa shape index (κ3) is 7.20. The monoisotopic (exact) mass is 492 g/mol. The summed E-state index contributed by atoms with van der Waals surface area (Å²) in [5.41, 5.74) is 1.65. The van der Waals surface area contributed by atoms with E-state index in [1.807, 2.05) is 0 Å². The molecule has 0 amide bonds. The van der Waals surface area contributed by atoms with Crippen LogP contribution < -0.4 is 11.5 Å². The van der Waals surface area contributed by atoms with Crippen LogP contribution >= 0.6 is 0 Å². The molecule has 2 aliphatic heterocycles. The molecule has 20 heteroatoms. The molecule has 0 aliphatic carbocycles. The molecule has 0 radical (unpaired) electrons. The number of aliphatic hydroxyl groups is 2. The first-order valence-corrected chi connectivity index (χ1v) is 9.16. The molecular formula is C13H24N4O16. The molecule has 0 spiro atoms. The van der Waals surface area contributed by atoms with Crippen LogP contribution in [0.15, 0.2) is 0 Å². The Bertz CT molecular complexity index is 627. The number of nitrogens with two attached hydrogens (primary N) is 1. The van der Waals surface area contributed by atoms with Crippen LogP contribution in [0.2, 0.25) is 0 Å². The molecule has 2 heterocycles. The Morgan fingerprint density at radius 3 is 2.39 bits per heavy atom. The lowest BCUT2D eigenvalue weighted by Crippen LogP contribution is -2.64. The quantitative estimate of drug-likeness (QED) is 0.0713. The highest BCUT2D eigenvalue weighted by Crippen LogP contribution is 2.30. The van der Waals surface area contributed by atoms with E-state index < -0.39 is 78.5 Å². The third-order valence-corrected chi connectivity index (χ3v) is 4.81. The lowest BCUT2D eigenvalue weighted by atomic mass is 9.97. The van der Waals surface area contributed by atoms with Crippen molar-refractivity contribution >= 4 is 0 Å². The van der Waals surface area contributed by atoms with Crippen molar-refractivity contribution in [2.75, 3.05) is 26.9 Å². The van der Waals surface area contributed by atoms with E-state index in [4.69, 9.17) is 34.9 Å². The van der Waals surface area contributed by atoms with Crippen LogP contribution in [0.4, 0.5) is 0 Å². The minimum absolute atomic E-state index is 0.223. The van der Waals surface area contributed by atoms with E-state index in [1.165, 1.54) is 0 Å². The molecule has 2 fully saturated rings. The Balaban J connectivity index is 2.26. The molecule has 192 valence electrons. The van der Waals surface area contributed by atoms with Gasteiger partial charge in [0.25, 0.3) is 10.2 Å². The Morgan fingerprint density at radius 2 is 1.82 bits per heavy atom. The number of nitrogens with one attached hydrogen (secondary N) is 1.